The summed E-state index contributed by atoms with van der Waals surface area (Å²) in [6, 6.07) is 18.4. The van der Waals surface area contributed by atoms with E-state index in [2.05, 4.69) is 15.3 Å². The molecule has 1 N–H and O–H groups in total. The van der Waals surface area contributed by atoms with Crippen LogP contribution >= 0.6 is 23.2 Å². The van der Waals surface area contributed by atoms with Gasteiger partial charge in [-0.05, 0) is 62.2 Å². The molecule has 0 fully saturated rings. The number of hydrogen-bond donors (Lipinski definition) is 1. The monoisotopic (exact) mass is 552 g/mol. The number of rotatable bonds is 11. The van der Waals surface area contributed by atoms with Gasteiger partial charge in [-0.2, -0.15) is 0 Å². The maximum atomic E-state index is 13.3. The third kappa shape index (κ3) is 6.91. The predicted molar refractivity (Wildman–Crippen MR) is 149 cm³/mol. The smallest absolute Gasteiger partial charge is 0.315 e. The third-order valence-electron chi connectivity index (χ3n) is 6.27. The van der Waals surface area contributed by atoms with Crippen LogP contribution in [0.1, 0.15) is 59.5 Å². The van der Waals surface area contributed by atoms with Crippen molar-refractivity contribution in [3.05, 3.63) is 101 Å². The van der Waals surface area contributed by atoms with Gasteiger partial charge in [0.15, 0.2) is 0 Å². The van der Waals surface area contributed by atoms with Crippen molar-refractivity contribution in [3.8, 4) is 0 Å². The molecule has 7 nitrogen and oxygen atoms in total. The lowest BCUT2D eigenvalue weighted by molar-refractivity contribution is -0.145. The molecule has 0 saturated heterocycles. The number of halogens is 2. The number of nitrogens with one attached hydrogen (secondary N) is 1. The molecule has 198 valence electrons. The van der Waals surface area contributed by atoms with Crippen LogP contribution in [-0.2, 0) is 16.0 Å². The fraction of sp³-hybridized carbons (Fsp3) is 0.310. The van der Waals surface area contributed by atoms with Gasteiger partial charge >= 0.3 is 5.97 Å². The van der Waals surface area contributed by atoms with Crippen molar-refractivity contribution in [3.63, 3.8) is 0 Å². The van der Waals surface area contributed by atoms with Crippen molar-refractivity contribution in [2.75, 3.05) is 13.2 Å². The first-order chi connectivity index (χ1) is 18.4. The first-order valence-corrected chi connectivity index (χ1v) is 13.4. The molecule has 1 amide bonds. The third-order valence-corrected chi connectivity index (χ3v) is 6.70. The minimum absolute atomic E-state index is 0.0211. The van der Waals surface area contributed by atoms with Crippen LogP contribution in [0.25, 0.3) is 5.65 Å². The normalized spacial score (nSPS) is 13.6. The number of carbonyl (C=O) groups excluding carboxylic acids is 2. The summed E-state index contributed by atoms with van der Waals surface area (Å²) in [6.07, 6.45) is 4.44. The van der Waals surface area contributed by atoms with E-state index in [1.54, 1.807) is 41.9 Å². The van der Waals surface area contributed by atoms with Crippen molar-refractivity contribution in [1.82, 2.24) is 19.7 Å². The number of imidazole rings is 1. The lowest BCUT2D eigenvalue weighted by Gasteiger charge is -2.20. The van der Waals surface area contributed by atoms with E-state index in [9.17, 15) is 9.59 Å². The molecule has 0 aliphatic heterocycles. The van der Waals surface area contributed by atoms with E-state index in [1.165, 1.54) is 0 Å². The van der Waals surface area contributed by atoms with Crippen LogP contribution < -0.4 is 5.32 Å². The molecule has 0 aliphatic carbocycles. The van der Waals surface area contributed by atoms with Gasteiger partial charge in [-0.3, -0.25) is 19.0 Å². The van der Waals surface area contributed by atoms with Crippen LogP contribution in [0.5, 0.6) is 0 Å². The molecule has 3 heterocycles. The van der Waals surface area contributed by atoms with Gasteiger partial charge in [0.1, 0.15) is 17.3 Å². The summed E-state index contributed by atoms with van der Waals surface area (Å²) in [5.41, 5.74) is 3.30. The SMILES string of the molecule is CCOC(=O)C(Cc1ccccn1)c1cn2c(C(=O)NCC(CC(C)Cl)c3ccc(Cl)cc3)cccc2n1. The fourth-order valence-electron chi connectivity index (χ4n) is 4.43. The van der Waals surface area contributed by atoms with E-state index in [0.717, 1.165) is 11.3 Å². The maximum absolute atomic E-state index is 13.3. The number of fused-ring (bicyclic) bond motifs is 1. The molecule has 4 aromatic rings. The van der Waals surface area contributed by atoms with Crippen LogP contribution in [0.2, 0.25) is 5.02 Å². The van der Waals surface area contributed by atoms with Gasteiger partial charge in [0.2, 0.25) is 0 Å². The van der Waals surface area contributed by atoms with Gasteiger partial charge in [0, 0.05) is 47.4 Å². The zero-order valence-corrected chi connectivity index (χ0v) is 22.8. The molecule has 1 aromatic carbocycles. The van der Waals surface area contributed by atoms with Gasteiger partial charge in [-0.25, -0.2) is 4.98 Å². The van der Waals surface area contributed by atoms with Crippen molar-refractivity contribution >= 4 is 40.7 Å². The highest BCUT2D eigenvalue weighted by molar-refractivity contribution is 6.30. The molecule has 3 unspecified atom stereocenters. The summed E-state index contributed by atoms with van der Waals surface area (Å²) >= 11 is 12.4. The number of esters is 1. The van der Waals surface area contributed by atoms with Crippen LogP contribution in [0, 0.1) is 0 Å². The van der Waals surface area contributed by atoms with E-state index in [1.807, 2.05) is 49.4 Å². The Hall–Kier alpha value is -3.42. The van der Waals surface area contributed by atoms with E-state index in [4.69, 9.17) is 27.9 Å². The van der Waals surface area contributed by atoms with E-state index < -0.39 is 5.92 Å². The molecule has 0 radical (unpaired) electrons. The van der Waals surface area contributed by atoms with E-state index >= 15 is 0 Å². The highest BCUT2D eigenvalue weighted by Gasteiger charge is 2.27. The molecular formula is C29H30Cl2N4O3. The molecule has 4 rings (SSSR count). The number of benzene rings is 1. The second kappa shape index (κ2) is 12.9. The molecule has 0 saturated carbocycles. The molecular weight excluding hydrogens is 523 g/mol. The predicted octanol–water partition coefficient (Wildman–Crippen LogP) is 5.80. The molecule has 0 spiro atoms. The van der Waals surface area contributed by atoms with E-state index in [0.29, 0.717) is 41.4 Å². The fourth-order valence-corrected chi connectivity index (χ4v) is 4.77. The number of aromatic nitrogens is 3. The highest BCUT2D eigenvalue weighted by atomic mass is 35.5. The molecule has 38 heavy (non-hydrogen) atoms. The molecule has 9 heteroatoms. The minimum Gasteiger partial charge on any atom is -0.465 e. The van der Waals surface area contributed by atoms with Crippen molar-refractivity contribution < 1.29 is 14.3 Å². The minimum atomic E-state index is -0.653. The number of nitrogens with zero attached hydrogens (tertiary/aromatic N) is 3. The van der Waals surface area contributed by atoms with E-state index in [-0.39, 0.29) is 29.8 Å². The van der Waals surface area contributed by atoms with Gasteiger partial charge < -0.3 is 10.1 Å². The second-order valence-corrected chi connectivity index (χ2v) is 10.3. The Morgan fingerprint density at radius 2 is 1.87 bits per heavy atom. The summed E-state index contributed by atoms with van der Waals surface area (Å²) in [7, 11) is 0. The Kier molecular flexibility index (Phi) is 9.37. The molecule has 3 atom stereocenters. The lowest BCUT2D eigenvalue weighted by atomic mass is 9.94. The summed E-state index contributed by atoms with van der Waals surface area (Å²) in [5, 5.41) is 3.64. The Bertz CT molecular complexity index is 1370. The number of alkyl halides is 1. The average Bonchev–Trinajstić information content (AvgIpc) is 3.34. The zero-order valence-electron chi connectivity index (χ0n) is 21.3. The Labute approximate surface area is 232 Å². The number of ether oxygens (including phenoxy) is 1. The van der Waals surface area contributed by atoms with Crippen LogP contribution in [0.15, 0.2) is 73.1 Å². The van der Waals surface area contributed by atoms with Crippen LogP contribution in [-0.4, -0.2) is 44.8 Å². The average molecular weight is 553 g/mol. The molecule has 3 aromatic heterocycles. The summed E-state index contributed by atoms with van der Waals surface area (Å²) in [6.45, 7) is 4.37. The molecule has 0 bridgehead atoms. The first kappa shape index (κ1) is 27.6. The molecule has 0 aliphatic rings. The lowest BCUT2D eigenvalue weighted by Crippen LogP contribution is -2.30. The summed E-state index contributed by atoms with van der Waals surface area (Å²) in [5.74, 6) is -1.26. The maximum Gasteiger partial charge on any atom is 0.315 e. The topological polar surface area (TPSA) is 85.6 Å². The quantitative estimate of drug-likeness (QED) is 0.187. The zero-order chi connectivity index (χ0) is 27.1. The Balaban J connectivity index is 1.58. The van der Waals surface area contributed by atoms with Crippen molar-refractivity contribution in [2.45, 2.75) is 43.9 Å². The first-order valence-electron chi connectivity index (χ1n) is 12.6. The summed E-state index contributed by atoms with van der Waals surface area (Å²) in [4.78, 5) is 35.2. The van der Waals surface area contributed by atoms with Gasteiger partial charge in [-0.15, -0.1) is 11.6 Å². The van der Waals surface area contributed by atoms with Crippen LogP contribution in [0.4, 0.5) is 0 Å². The van der Waals surface area contributed by atoms with Crippen LogP contribution in [0.3, 0.4) is 0 Å². The second-order valence-electron chi connectivity index (χ2n) is 9.11. The van der Waals surface area contributed by atoms with Gasteiger partial charge in [0.25, 0.3) is 5.91 Å². The number of amides is 1. The number of carbonyl (C=O) groups is 2. The summed E-state index contributed by atoms with van der Waals surface area (Å²) < 4.78 is 7.04. The standard InChI is InChI=1S/C29H30Cl2N4O3/c1-3-38-29(37)24(16-23-7-4-5-14-32-23)25-18-35-26(8-6-9-27(35)34-25)28(36)33-17-21(15-19(2)30)20-10-12-22(31)13-11-20/h4-14,18-19,21,24H,3,15-17H2,1-2H3,(H,33,36). The largest absolute Gasteiger partial charge is 0.465 e. The van der Waals surface area contributed by atoms with Gasteiger partial charge in [0.05, 0.1) is 12.3 Å². The highest BCUT2D eigenvalue weighted by Crippen LogP contribution is 2.25. The van der Waals surface area contributed by atoms with Gasteiger partial charge in [-0.1, -0.05) is 35.9 Å². The van der Waals surface area contributed by atoms with Crippen molar-refractivity contribution in [1.29, 1.82) is 0 Å². The number of pyridine rings is 2. The number of hydrogen-bond acceptors (Lipinski definition) is 5. The van der Waals surface area contributed by atoms with Crippen molar-refractivity contribution in [2.24, 2.45) is 0 Å². The Morgan fingerprint density at radius 1 is 1.08 bits per heavy atom. The Morgan fingerprint density at radius 3 is 2.55 bits per heavy atom.